The third-order valence-electron chi connectivity index (χ3n) is 4.58. The lowest BCUT2D eigenvalue weighted by Gasteiger charge is -2.04. The first-order valence-electron chi connectivity index (χ1n) is 10.9. The number of carbonyl (C=O) groups is 2. The minimum absolute atomic E-state index is 0.0251. The molecular formula is C22H41NO4. The average molecular weight is 384 g/mol. The third-order valence-corrected chi connectivity index (χ3v) is 4.58. The molecule has 0 saturated heterocycles. The summed E-state index contributed by atoms with van der Waals surface area (Å²) in [7, 11) is 0. The van der Waals surface area contributed by atoms with Gasteiger partial charge in [0.2, 0.25) is 0 Å². The lowest BCUT2D eigenvalue weighted by atomic mass is 10.1. The summed E-state index contributed by atoms with van der Waals surface area (Å²) in [6.45, 7) is 2.69. The van der Waals surface area contributed by atoms with E-state index >= 15 is 0 Å². The highest BCUT2D eigenvalue weighted by molar-refractivity contribution is 5.77. The Morgan fingerprint density at radius 3 is 1.74 bits per heavy atom. The van der Waals surface area contributed by atoms with Crippen molar-refractivity contribution in [2.24, 2.45) is 5.90 Å². The molecule has 0 aromatic carbocycles. The fourth-order valence-electron chi connectivity index (χ4n) is 2.87. The van der Waals surface area contributed by atoms with Crippen molar-refractivity contribution < 1.29 is 19.2 Å². The highest BCUT2D eigenvalue weighted by Crippen LogP contribution is 2.10. The van der Waals surface area contributed by atoms with Crippen molar-refractivity contribution in [2.45, 2.75) is 110 Å². The molecule has 0 heterocycles. The molecule has 0 amide bonds. The second kappa shape index (κ2) is 20.9. The number of ether oxygens (including phenoxy) is 1. The van der Waals surface area contributed by atoms with E-state index in [-0.39, 0.29) is 18.8 Å². The molecule has 158 valence electrons. The van der Waals surface area contributed by atoms with E-state index < -0.39 is 5.97 Å². The summed E-state index contributed by atoms with van der Waals surface area (Å²) in [5.41, 5.74) is 0. The lowest BCUT2D eigenvalue weighted by Crippen LogP contribution is -2.13. The zero-order chi connectivity index (χ0) is 20.0. The Labute approximate surface area is 166 Å². The van der Waals surface area contributed by atoms with Gasteiger partial charge in [-0.25, -0.2) is 0 Å². The Morgan fingerprint density at radius 1 is 0.704 bits per heavy atom. The molecule has 0 rings (SSSR count). The highest BCUT2D eigenvalue weighted by Gasteiger charge is 2.07. The van der Waals surface area contributed by atoms with Gasteiger partial charge in [-0.05, 0) is 32.1 Å². The zero-order valence-corrected chi connectivity index (χ0v) is 17.4. The molecule has 0 aromatic rings. The van der Waals surface area contributed by atoms with Gasteiger partial charge in [0.1, 0.15) is 0 Å². The van der Waals surface area contributed by atoms with Crippen molar-refractivity contribution >= 4 is 11.9 Å². The molecule has 0 unspecified atom stereocenters. The molecule has 5 nitrogen and oxygen atoms in total. The lowest BCUT2D eigenvalue weighted by molar-refractivity contribution is -0.150. The average Bonchev–Trinajstić information content (AvgIpc) is 2.68. The van der Waals surface area contributed by atoms with Crippen molar-refractivity contribution in [3.05, 3.63) is 12.2 Å². The van der Waals surface area contributed by atoms with Crippen LogP contribution < -0.4 is 5.90 Å². The molecule has 0 aliphatic rings. The predicted octanol–water partition coefficient (Wildman–Crippen LogP) is 5.76. The Morgan fingerprint density at radius 2 is 1.19 bits per heavy atom. The van der Waals surface area contributed by atoms with Crippen LogP contribution >= 0.6 is 0 Å². The summed E-state index contributed by atoms with van der Waals surface area (Å²) in [6.07, 6.45) is 22.2. The number of esters is 1. The minimum atomic E-state index is -0.593. The topological polar surface area (TPSA) is 78.6 Å². The molecular weight excluding hydrogens is 342 g/mol. The van der Waals surface area contributed by atoms with Crippen LogP contribution in [0.3, 0.4) is 0 Å². The van der Waals surface area contributed by atoms with E-state index in [2.05, 4.69) is 23.9 Å². The van der Waals surface area contributed by atoms with Gasteiger partial charge in [0.05, 0.1) is 19.4 Å². The van der Waals surface area contributed by atoms with Gasteiger partial charge in [0.25, 0.3) is 0 Å². The first-order chi connectivity index (χ1) is 13.2. The first kappa shape index (κ1) is 25.6. The van der Waals surface area contributed by atoms with E-state index in [1.54, 1.807) is 0 Å². The maximum atomic E-state index is 11.3. The largest absolute Gasteiger partial charge is 0.466 e. The Bertz CT molecular complexity index is 383. The predicted molar refractivity (Wildman–Crippen MR) is 110 cm³/mol. The third kappa shape index (κ3) is 20.8. The number of allylic oxidation sites excluding steroid dienone is 2. The van der Waals surface area contributed by atoms with Crippen molar-refractivity contribution in [3.8, 4) is 0 Å². The van der Waals surface area contributed by atoms with Gasteiger partial charge in [-0.3, -0.25) is 9.59 Å². The van der Waals surface area contributed by atoms with Crippen LogP contribution in [-0.4, -0.2) is 18.5 Å². The number of hydrogen-bond acceptors (Lipinski definition) is 5. The van der Waals surface area contributed by atoms with E-state index in [4.69, 9.17) is 10.6 Å². The van der Waals surface area contributed by atoms with Crippen LogP contribution in [0, 0.1) is 0 Å². The summed E-state index contributed by atoms with van der Waals surface area (Å²) in [5.74, 6) is 3.74. The second-order valence-electron chi connectivity index (χ2n) is 7.15. The smallest absolute Gasteiger partial charge is 0.325 e. The summed E-state index contributed by atoms with van der Waals surface area (Å²) < 4.78 is 5.06. The molecule has 2 N–H and O–H groups in total. The van der Waals surface area contributed by atoms with Crippen molar-refractivity contribution in [3.63, 3.8) is 0 Å². The number of rotatable bonds is 19. The monoisotopic (exact) mass is 383 g/mol. The van der Waals surface area contributed by atoms with E-state index in [0.29, 0.717) is 6.61 Å². The molecule has 0 aliphatic carbocycles. The summed E-state index contributed by atoms with van der Waals surface area (Å²) in [5, 5.41) is 0. The standard InChI is InChI=1S/C22H41NO4/c1-2-3-4-5-6-7-8-9-10-11-12-13-14-15-16-17-20-26-21(24)18-19-22(25)27-23/h9-10H,2-8,11-20,23H2,1H3/b10-9-. The fourth-order valence-corrected chi connectivity index (χ4v) is 2.87. The Hall–Kier alpha value is -1.36. The maximum Gasteiger partial charge on any atom is 0.325 e. The van der Waals surface area contributed by atoms with E-state index in [1.807, 2.05) is 0 Å². The molecule has 0 radical (unpaired) electrons. The van der Waals surface area contributed by atoms with Gasteiger partial charge in [0.15, 0.2) is 0 Å². The minimum Gasteiger partial charge on any atom is -0.466 e. The summed E-state index contributed by atoms with van der Waals surface area (Å²) in [4.78, 5) is 26.1. The number of hydrogen-bond donors (Lipinski definition) is 1. The Kier molecular flexibility index (Phi) is 19.9. The number of unbranched alkanes of at least 4 members (excludes halogenated alkanes) is 12. The van der Waals surface area contributed by atoms with Crippen LogP contribution in [0.2, 0.25) is 0 Å². The molecule has 27 heavy (non-hydrogen) atoms. The molecule has 0 aliphatic heterocycles. The van der Waals surface area contributed by atoms with Crippen LogP contribution in [0.5, 0.6) is 0 Å². The van der Waals surface area contributed by atoms with Crippen LogP contribution in [-0.2, 0) is 19.2 Å². The SMILES string of the molecule is CCCCCCCC/C=C\CCCCCCCCOC(=O)CCC(=O)ON. The number of nitrogens with two attached hydrogens (primary N) is 1. The van der Waals surface area contributed by atoms with E-state index in [9.17, 15) is 9.59 Å². The van der Waals surface area contributed by atoms with Gasteiger partial charge in [-0.1, -0.05) is 76.9 Å². The quantitative estimate of drug-likeness (QED) is 0.133. The summed E-state index contributed by atoms with van der Waals surface area (Å²) >= 11 is 0. The van der Waals surface area contributed by atoms with Crippen LogP contribution in [0.1, 0.15) is 110 Å². The Balaban J connectivity index is 3.21. The van der Waals surface area contributed by atoms with E-state index in [1.165, 1.54) is 77.0 Å². The van der Waals surface area contributed by atoms with Crippen LogP contribution in [0.25, 0.3) is 0 Å². The zero-order valence-electron chi connectivity index (χ0n) is 17.4. The molecule has 5 heteroatoms. The van der Waals surface area contributed by atoms with Gasteiger partial charge in [0, 0.05) is 0 Å². The fraction of sp³-hybridized carbons (Fsp3) is 0.818. The molecule has 0 atom stereocenters. The number of carbonyl (C=O) groups excluding carboxylic acids is 2. The molecule has 0 spiro atoms. The van der Waals surface area contributed by atoms with Crippen molar-refractivity contribution in [1.82, 2.24) is 0 Å². The molecule has 0 aromatic heterocycles. The van der Waals surface area contributed by atoms with Gasteiger partial charge in [-0.15, -0.1) is 0 Å². The van der Waals surface area contributed by atoms with Crippen molar-refractivity contribution in [1.29, 1.82) is 0 Å². The van der Waals surface area contributed by atoms with E-state index in [0.717, 1.165) is 12.8 Å². The van der Waals surface area contributed by atoms with Crippen molar-refractivity contribution in [2.75, 3.05) is 6.61 Å². The molecule has 0 fully saturated rings. The van der Waals surface area contributed by atoms with Crippen LogP contribution in [0.15, 0.2) is 12.2 Å². The van der Waals surface area contributed by atoms with Gasteiger partial charge >= 0.3 is 11.9 Å². The molecule has 0 saturated carbocycles. The normalized spacial score (nSPS) is 11.0. The summed E-state index contributed by atoms with van der Waals surface area (Å²) in [6, 6.07) is 0. The second-order valence-corrected chi connectivity index (χ2v) is 7.15. The van der Waals surface area contributed by atoms with Crippen LogP contribution in [0.4, 0.5) is 0 Å². The first-order valence-corrected chi connectivity index (χ1v) is 10.9. The van der Waals surface area contributed by atoms with Gasteiger partial charge in [-0.2, -0.15) is 5.90 Å². The molecule has 0 bridgehead atoms. The maximum absolute atomic E-state index is 11.3. The highest BCUT2D eigenvalue weighted by atomic mass is 16.7. The van der Waals surface area contributed by atoms with Gasteiger partial charge < -0.3 is 9.57 Å².